The summed E-state index contributed by atoms with van der Waals surface area (Å²) in [5.74, 6) is -0.623. The zero-order chi connectivity index (χ0) is 23.9. The highest BCUT2D eigenvalue weighted by molar-refractivity contribution is 7.91. The van der Waals surface area contributed by atoms with Crippen LogP contribution < -0.4 is 20.7 Å². The van der Waals surface area contributed by atoms with Gasteiger partial charge in [-0.05, 0) is 48.0 Å². The van der Waals surface area contributed by atoms with E-state index in [-0.39, 0.29) is 16.3 Å². The van der Waals surface area contributed by atoms with Crippen LogP contribution in [-0.2, 0) is 16.4 Å². The van der Waals surface area contributed by atoms with E-state index < -0.39 is 28.2 Å². The maximum absolute atomic E-state index is 12.8. The van der Waals surface area contributed by atoms with Gasteiger partial charge in [-0.3, -0.25) is 15.6 Å². The SMILES string of the molecule is N#CNC(NCc1ccc(S(=O)(=O)c2cccc(OC(F)(F)F)c2)cc1)Nc1ccncc1. The van der Waals surface area contributed by atoms with Gasteiger partial charge in [0.25, 0.3) is 0 Å². The average Bonchev–Trinajstić information content (AvgIpc) is 2.78. The number of benzene rings is 2. The Kier molecular flexibility index (Phi) is 7.37. The van der Waals surface area contributed by atoms with E-state index in [1.54, 1.807) is 36.7 Å². The van der Waals surface area contributed by atoms with Crippen molar-refractivity contribution in [2.24, 2.45) is 0 Å². The highest BCUT2D eigenvalue weighted by Gasteiger charge is 2.31. The Balaban J connectivity index is 1.69. The second-order valence-electron chi connectivity index (χ2n) is 6.62. The van der Waals surface area contributed by atoms with Crippen molar-refractivity contribution in [1.29, 1.82) is 5.26 Å². The van der Waals surface area contributed by atoms with Gasteiger partial charge >= 0.3 is 6.36 Å². The number of ether oxygens (including phenoxy) is 1. The van der Waals surface area contributed by atoms with Crippen LogP contribution in [0.1, 0.15) is 5.56 Å². The van der Waals surface area contributed by atoms with Gasteiger partial charge in [0, 0.05) is 24.6 Å². The van der Waals surface area contributed by atoms with Crippen molar-refractivity contribution in [1.82, 2.24) is 15.6 Å². The van der Waals surface area contributed by atoms with Gasteiger partial charge in [0.1, 0.15) is 5.75 Å². The van der Waals surface area contributed by atoms with E-state index in [2.05, 4.69) is 25.7 Å². The first-order valence-electron chi connectivity index (χ1n) is 9.42. The fourth-order valence-electron chi connectivity index (χ4n) is 2.80. The molecule has 3 aromatic rings. The monoisotopic (exact) mass is 477 g/mol. The number of rotatable bonds is 9. The van der Waals surface area contributed by atoms with Crippen LogP contribution in [-0.4, -0.2) is 26.1 Å². The summed E-state index contributed by atoms with van der Waals surface area (Å²) in [7, 11) is -4.06. The van der Waals surface area contributed by atoms with Crippen LogP contribution in [0.5, 0.6) is 5.75 Å². The highest BCUT2D eigenvalue weighted by Crippen LogP contribution is 2.28. The number of alkyl halides is 3. The first-order chi connectivity index (χ1) is 15.7. The zero-order valence-electron chi connectivity index (χ0n) is 16.9. The molecule has 0 spiro atoms. The molecule has 0 amide bonds. The highest BCUT2D eigenvalue weighted by atomic mass is 32.2. The number of anilines is 1. The number of halogens is 3. The van der Waals surface area contributed by atoms with Crippen molar-refractivity contribution in [3.63, 3.8) is 0 Å². The molecule has 1 heterocycles. The third-order valence-electron chi connectivity index (χ3n) is 4.29. The van der Waals surface area contributed by atoms with Crippen LogP contribution in [0, 0.1) is 11.5 Å². The molecule has 0 saturated heterocycles. The topological polar surface area (TPSA) is 116 Å². The van der Waals surface area contributed by atoms with E-state index in [1.165, 1.54) is 24.3 Å². The van der Waals surface area contributed by atoms with Gasteiger partial charge in [-0.1, -0.05) is 18.2 Å². The lowest BCUT2D eigenvalue weighted by atomic mass is 10.2. The molecule has 33 heavy (non-hydrogen) atoms. The minimum atomic E-state index is -4.93. The molecule has 8 nitrogen and oxygen atoms in total. The quantitative estimate of drug-likeness (QED) is 0.244. The molecule has 1 aromatic heterocycles. The Morgan fingerprint density at radius 3 is 2.36 bits per heavy atom. The normalized spacial score (nSPS) is 12.4. The van der Waals surface area contributed by atoms with E-state index in [1.807, 2.05) is 6.19 Å². The summed E-state index contributed by atoms with van der Waals surface area (Å²) >= 11 is 0. The Hall–Kier alpha value is -3.82. The summed E-state index contributed by atoms with van der Waals surface area (Å²) in [5, 5.41) is 17.6. The Labute approximate surface area is 188 Å². The molecule has 0 bridgehead atoms. The Bertz CT molecular complexity index is 1210. The molecule has 0 aliphatic rings. The fraction of sp³-hybridized carbons (Fsp3) is 0.143. The molecule has 0 aliphatic heterocycles. The van der Waals surface area contributed by atoms with Gasteiger partial charge in [-0.25, -0.2) is 8.42 Å². The van der Waals surface area contributed by atoms with Crippen LogP contribution in [0.4, 0.5) is 18.9 Å². The Morgan fingerprint density at radius 1 is 1.03 bits per heavy atom. The van der Waals surface area contributed by atoms with Crippen molar-refractivity contribution >= 4 is 15.5 Å². The first-order valence-corrected chi connectivity index (χ1v) is 10.9. The van der Waals surface area contributed by atoms with E-state index in [9.17, 15) is 21.6 Å². The minimum Gasteiger partial charge on any atom is -0.406 e. The summed E-state index contributed by atoms with van der Waals surface area (Å²) in [6.45, 7) is 0.284. The summed E-state index contributed by atoms with van der Waals surface area (Å²) in [4.78, 5) is 3.50. The number of nitrogens with one attached hydrogen (secondary N) is 3. The Morgan fingerprint density at radius 2 is 1.73 bits per heavy atom. The zero-order valence-corrected chi connectivity index (χ0v) is 17.7. The second-order valence-corrected chi connectivity index (χ2v) is 8.57. The average molecular weight is 477 g/mol. The summed E-state index contributed by atoms with van der Waals surface area (Å²) in [6.07, 6.45) is -0.503. The van der Waals surface area contributed by atoms with Gasteiger partial charge in [-0.2, -0.15) is 5.26 Å². The smallest absolute Gasteiger partial charge is 0.406 e. The number of hydrogen-bond donors (Lipinski definition) is 3. The summed E-state index contributed by atoms with van der Waals surface area (Å²) in [6, 6.07) is 13.5. The van der Waals surface area contributed by atoms with Crippen molar-refractivity contribution in [3.05, 3.63) is 78.6 Å². The molecule has 1 unspecified atom stereocenters. The summed E-state index contributed by atoms with van der Waals surface area (Å²) in [5.41, 5.74) is 1.44. The van der Waals surface area contributed by atoms with Gasteiger partial charge in [0.2, 0.25) is 9.84 Å². The number of nitriles is 1. The van der Waals surface area contributed by atoms with Crippen LogP contribution in [0.3, 0.4) is 0 Å². The van der Waals surface area contributed by atoms with E-state index in [0.717, 1.165) is 17.8 Å². The number of pyridine rings is 1. The van der Waals surface area contributed by atoms with Crippen LogP contribution >= 0.6 is 0 Å². The molecule has 3 rings (SSSR count). The molecule has 3 N–H and O–H groups in total. The molecule has 172 valence electrons. The number of aromatic nitrogens is 1. The third kappa shape index (κ3) is 6.83. The van der Waals surface area contributed by atoms with E-state index >= 15 is 0 Å². The molecule has 0 saturated carbocycles. The number of hydrogen-bond acceptors (Lipinski definition) is 8. The largest absolute Gasteiger partial charge is 0.573 e. The fourth-order valence-corrected chi connectivity index (χ4v) is 4.09. The van der Waals surface area contributed by atoms with Crippen molar-refractivity contribution in [3.8, 4) is 11.9 Å². The molecule has 12 heteroatoms. The predicted molar refractivity (Wildman–Crippen MR) is 112 cm³/mol. The van der Waals surface area contributed by atoms with Gasteiger partial charge < -0.3 is 10.1 Å². The maximum atomic E-state index is 12.8. The standard InChI is InChI=1S/C21H18F3N5O3S/c22-21(23,24)32-17-2-1-3-19(12-17)33(30,31)18-6-4-15(5-7-18)13-27-20(28-14-25)29-16-8-10-26-11-9-16/h1-12,20,27-28H,13H2,(H,26,29). The molecule has 0 aliphatic carbocycles. The molecule has 1 atom stereocenters. The maximum Gasteiger partial charge on any atom is 0.573 e. The van der Waals surface area contributed by atoms with Crippen molar-refractivity contribution in [2.75, 3.05) is 5.32 Å². The van der Waals surface area contributed by atoms with Crippen molar-refractivity contribution < 1.29 is 26.3 Å². The molecule has 0 radical (unpaired) electrons. The van der Waals surface area contributed by atoms with Crippen molar-refractivity contribution in [2.45, 2.75) is 29.0 Å². The van der Waals surface area contributed by atoms with E-state index in [4.69, 9.17) is 5.26 Å². The molecule has 2 aromatic carbocycles. The van der Waals surface area contributed by atoms with Crippen LogP contribution in [0.15, 0.2) is 82.8 Å². The number of nitrogens with zero attached hydrogens (tertiary/aromatic N) is 2. The predicted octanol–water partition coefficient (Wildman–Crippen LogP) is 3.37. The molecule has 0 fully saturated rings. The third-order valence-corrected chi connectivity index (χ3v) is 6.06. The van der Waals surface area contributed by atoms with Gasteiger partial charge in [0.15, 0.2) is 12.5 Å². The lowest BCUT2D eigenvalue weighted by Gasteiger charge is -2.19. The second kappa shape index (κ2) is 10.2. The molecular formula is C21H18F3N5O3S. The lowest BCUT2D eigenvalue weighted by Crippen LogP contribution is -2.45. The molecular weight excluding hydrogens is 459 g/mol. The first kappa shape index (κ1) is 23.8. The van der Waals surface area contributed by atoms with E-state index in [0.29, 0.717) is 5.56 Å². The van der Waals surface area contributed by atoms with Crippen LogP contribution in [0.2, 0.25) is 0 Å². The minimum absolute atomic E-state index is 0.0861. The number of sulfone groups is 1. The van der Waals surface area contributed by atoms with Gasteiger partial charge in [0.05, 0.1) is 9.79 Å². The lowest BCUT2D eigenvalue weighted by molar-refractivity contribution is -0.274. The summed E-state index contributed by atoms with van der Waals surface area (Å²) < 4.78 is 66.7. The van der Waals surface area contributed by atoms with Crippen LogP contribution in [0.25, 0.3) is 0 Å². The van der Waals surface area contributed by atoms with Gasteiger partial charge in [-0.15, -0.1) is 13.2 Å².